The van der Waals surface area contributed by atoms with Crippen molar-refractivity contribution >= 4 is 0 Å². The smallest absolute Gasteiger partial charge is 0.0233 e. The first-order chi connectivity index (χ1) is 6.63. The molecule has 0 aliphatic rings. The molecule has 0 amide bonds. The minimum Gasteiger partial charge on any atom is -0.106 e. The van der Waals surface area contributed by atoms with Crippen LogP contribution in [0.4, 0.5) is 0 Å². The molecule has 0 saturated carbocycles. The van der Waals surface area contributed by atoms with Crippen molar-refractivity contribution in [3.63, 3.8) is 0 Å². The molecule has 76 valence electrons. The van der Waals surface area contributed by atoms with Gasteiger partial charge in [0.25, 0.3) is 0 Å². The van der Waals surface area contributed by atoms with E-state index in [2.05, 4.69) is 32.9 Å². The molecule has 0 aliphatic carbocycles. The van der Waals surface area contributed by atoms with Crippen molar-refractivity contribution < 1.29 is 0 Å². The molecule has 0 rings (SSSR count). The number of hydrogen-bond acceptors (Lipinski definition) is 0. The van der Waals surface area contributed by atoms with Crippen LogP contribution in [-0.4, -0.2) is 0 Å². The van der Waals surface area contributed by atoms with Gasteiger partial charge in [0, 0.05) is 0 Å². The van der Waals surface area contributed by atoms with Crippen LogP contribution in [0.15, 0.2) is 73.9 Å². The predicted molar refractivity (Wildman–Crippen MR) is 68.3 cm³/mol. The van der Waals surface area contributed by atoms with E-state index in [0.29, 0.717) is 0 Å². The Labute approximate surface area is 88.4 Å². The van der Waals surface area contributed by atoms with Crippen LogP contribution in [0.3, 0.4) is 0 Å². The fraction of sp³-hybridized carbons (Fsp3) is 0.143. The lowest BCUT2D eigenvalue weighted by molar-refractivity contribution is 1.40. The Balaban J connectivity index is 0. The van der Waals surface area contributed by atoms with E-state index in [-0.39, 0.29) is 0 Å². The lowest BCUT2D eigenvalue weighted by Gasteiger charge is -2.04. The van der Waals surface area contributed by atoms with Crippen LogP contribution in [-0.2, 0) is 0 Å². The first kappa shape index (κ1) is 14.9. The zero-order chi connectivity index (χ0) is 11.6. The second-order valence-electron chi connectivity index (χ2n) is 2.59. The highest BCUT2D eigenvalue weighted by atomic mass is 14.0. The second-order valence-corrected chi connectivity index (χ2v) is 2.59. The Morgan fingerprint density at radius 1 is 1.14 bits per heavy atom. The van der Waals surface area contributed by atoms with Gasteiger partial charge in [0.05, 0.1) is 0 Å². The van der Waals surface area contributed by atoms with Gasteiger partial charge in [-0.2, -0.15) is 0 Å². The molecule has 14 heavy (non-hydrogen) atoms. The summed E-state index contributed by atoms with van der Waals surface area (Å²) in [5.74, 6) is 0. The Kier molecular flexibility index (Phi) is 10.2. The molecule has 0 atom stereocenters. The van der Waals surface area contributed by atoms with Gasteiger partial charge in [0.15, 0.2) is 0 Å². The van der Waals surface area contributed by atoms with Crippen molar-refractivity contribution in [3.8, 4) is 0 Å². The molecule has 0 fully saturated rings. The zero-order valence-corrected chi connectivity index (χ0v) is 9.34. The van der Waals surface area contributed by atoms with Gasteiger partial charge in [-0.25, -0.2) is 0 Å². The quantitative estimate of drug-likeness (QED) is 0.446. The fourth-order valence-corrected chi connectivity index (χ4v) is 0.832. The van der Waals surface area contributed by atoms with E-state index in [0.717, 1.165) is 16.7 Å². The predicted octanol–water partition coefficient (Wildman–Crippen LogP) is 4.61. The van der Waals surface area contributed by atoms with Crippen LogP contribution in [0.25, 0.3) is 0 Å². The monoisotopic (exact) mass is 188 g/mol. The molecular formula is C14H20. The van der Waals surface area contributed by atoms with Gasteiger partial charge in [-0.3, -0.25) is 0 Å². The molecule has 0 aromatic heterocycles. The maximum absolute atomic E-state index is 3.92. The molecule has 0 saturated heterocycles. The van der Waals surface area contributed by atoms with Crippen LogP contribution in [0, 0.1) is 0 Å². The van der Waals surface area contributed by atoms with Gasteiger partial charge in [-0.05, 0) is 30.6 Å². The largest absolute Gasteiger partial charge is 0.106 e. The van der Waals surface area contributed by atoms with Crippen LogP contribution in [0.5, 0.6) is 0 Å². The third-order valence-electron chi connectivity index (χ3n) is 1.60. The summed E-state index contributed by atoms with van der Waals surface area (Å²) in [4.78, 5) is 0. The first-order valence-corrected chi connectivity index (χ1v) is 4.44. The van der Waals surface area contributed by atoms with Gasteiger partial charge in [-0.1, -0.05) is 44.0 Å². The van der Waals surface area contributed by atoms with E-state index in [1.807, 2.05) is 32.1 Å². The molecule has 0 radical (unpaired) electrons. The van der Waals surface area contributed by atoms with Gasteiger partial charge in [0.2, 0.25) is 0 Å². The Bertz CT molecular complexity index is 262. The lowest BCUT2D eigenvalue weighted by atomic mass is 10.0. The third kappa shape index (κ3) is 6.01. The average molecular weight is 188 g/mol. The molecule has 0 spiro atoms. The highest BCUT2D eigenvalue weighted by molar-refractivity contribution is 5.48. The average Bonchev–Trinajstić information content (AvgIpc) is 2.20. The molecule has 0 aliphatic heterocycles. The summed E-state index contributed by atoms with van der Waals surface area (Å²) in [5.41, 5.74) is 3.02. The SMILES string of the molecule is C=C.C=C/C=C(/C)C(=C)C(=C)/C=C\C. The van der Waals surface area contributed by atoms with Crippen LogP contribution in [0.1, 0.15) is 13.8 Å². The maximum atomic E-state index is 3.92. The minimum absolute atomic E-state index is 0.952. The van der Waals surface area contributed by atoms with Gasteiger partial charge >= 0.3 is 0 Å². The molecule has 0 bridgehead atoms. The molecule has 0 N–H and O–H groups in total. The number of allylic oxidation sites excluding steroid dienone is 7. The summed E-state index contributed by atoms with van der Waals surface area (Å²) in [5, 5.41) is 0. The topological polar surface area (TPSA) is 0 Å². The van der Waals surface area contributed by atoms with Crippen molar-refractivity contribution in [1.29, 1.82) is 0 Å². The van der Waals surface area contributed by atoms with Crippen molar-refractivity contribution in [2.24, 2.45) is 0 Å². The van der Waals surface area contributed by atoms with Gasteiger partial charge in [-0.15, -0.1) is 13.2 Å². The highest BCUT2D eigenvalue weighted by Crippen LogP contribution is 2.16. The standard InChI is InChI=1S/C12H16.C2H4/c1-6-8-10(3)12(5)11(4)9-7-2;1-2/h6-9H,1,4-5H2,2-3H3;1-2H2/b9-7-,10-8-;. The summed E-state index contributed by atoms with van der Waals surface area (Å²) >= 11 is 0. The van der Waals surface area contributed by atoms with Crippen molar-refractivity contribution in [1.82, 2.24) is 0 Å². The third-order valence-corrected chi connectivity index (χ3v) is 1.60. The van der Waals surface area contributed by atoms with Crippen LogP contribution in [0.2, 0.25) is 0 Å². The summed E-state index contributed by atoms with van der Waals surface area (Å²) in [6.07, 6.45) is 7.58. The fourth-order valence-electron chi connectivity index (χ4n) is 0.832. The maximum Gasteiger partial charge on any atom is -0.0233 e. The molecule has 0 nitrogen and oxygen atoms in total. The van der Waals surface area contributed by atoms with Gasteiger partial charge < -0.3 is 0 Å². The van der Waals surface area contributed by atoms with Crippen molar-refractivity contribution in [2.45, 2.75) is 13.8 Å². The normalized spacial score (nSPS) is 10.3. The lowest BCUT2D eigenvalue weighted by Crippen LogP contribution is -1.84. The summed E-state index contributed by atoms with van der Waals surface area (Å²) in [6, 6.07) is 0. The van der Waals surface area contributed by atoms with E-state index < -0.39 is 0 Å². The molecular weight excluding hydrogens is 168 g/mol. The highest BCUT2D eigenvalue weighted by Gasteiger charge is 1.96. The van der Waals surface area contributed by atoms with Crippen LogP contribution >= 0.6 is 0 Å². The Morgan fingerprint density at radius 2 is 1.64 bits per heavy atom. The number of rotatable bonds is 4. The van der Waals surface area contributed by atoms with Crippen molar-refractivity contribution in [3.05, 3.63) is 73.9 Å². The molecule has 0 heterocycles. The zero-order valence-electron chi connectivity index (χ0n) is 9.34. The van der Waals surface area contributed by atoms with E-state index >= 15 is 0 Å². The van der Waals surface area contributed by atoms with E-state index in [9.17, 15) is 0 Å². The molecule has 0 aromatic rings. The summed E-state index contributed by atoms with van der Waals surface area (Å²) < 4.78 is 0. The molecule has 0 unspecified atom stereocenters. The minimum atomic E-state index is 0.952. The Hall–Kier alpha value is -1.56. The number of hydrogen-bond donors (Lipinski definition) is 0. The van der Waals surface area contributed by atoms with E-state index in [1.165, 1.54) is 0 Å². The first-order valence-electron chi connectivity index (χ1n) is 4.44. The van der Waals surface area contributed by atoms with E-state index in [1.54, 1.807) is 6.08 Å². The molecule has 0 aromatic carbocycles. The second kappa shape index (κ2) is 9.53. The van der Waals surface area contributed by atoms with Crippen molar-refractivity contribution in [2.75, 3.05) is 0 Å². The molecule has 0 heteroatoms. The van der Waals surface area contributed by atoms with Gasteiger partial charge in [0.1, 0.15) is 0 Å². The summed E-state index contributed by atoms with van der Waals surface area (Å²) in [6.45, 7) is 21.4. The van der Waals surface area contributed by atoms with E-state index in [4.69, 9.17) is 0 Å². The summed E-state index contributed by atoms with van der Waals surface area (Å²) in [7, 11) is 0. The van der Waals surface area contributed by atoms with Crippen LogP contribution < -0.4 is 0 Å². The Morgan fingerprint density at radius 3 is 2.00 bits per heavy atom.